The number of fused-ring (bicyclic) bond motifs is 16. The van der Waals surface area contributed by atoms with Gasteiger partial charge in [-0.3, -0.25) is 0 Å². The molecule has 1 unspecified atom stereocenters. The molecule has 1 atom stereocenters. The summed E-state index contributed by atoms with van der Waals surface area (Å²) in [5.74, 6) is 0. The average molecular weight is 700 g/mol. The molecule has 2 nitrogen and oxygen atoms in total. The second-order valence-corrected chi connectivity index (χ2v) is 16.5. The lowest BCUT2D eigenvalue weighted by Crippen LogP contribution is -2.47. The van der Waals surface area contributed by atoms with Crippen LogP contribution in [0.5, 0.6) is 0 Å². The molecule has 257 valence electrons. The number of H-pyrrole nitrogens is 1. The van der Waals surface area contributed by atoms with E-state index in [-0.39, 0.29) is 10.8 Å². The number of aromatic amines is 1. The predicted octanol–water partition coefficient (Wildman–Crippen LogP) is 11.5. The molecule has 0 bridgehead atoms. The maximum atomic E-state index is 4.06. The van der Waals surface area contributed by atoms with Crippen LogP contribution in [0.4, 0.5) is 17.1 Å². The molecule has 0 saturated heterocycles. The van der Waals surface area contributed by atoms with E-state index < -0.39 is 0 Å². The molecule has 0 amide bonds. The lowest BCUT2D eigenvalue weighted by Gasteiger charge is -2.48. The van der Waals surface area contributed by atoms with Crippen molar-refractivity contribution in [2.24, 2.45) is 0 Å². The molecule has 0 fully saturated rings. The van der Waals surface area contributed by atoms with E-state index >= 15 is 0 Å². The highest BCUT2D eigenvalue weighted by Crippen LogP contribution is 2.64. The van der Waals surface area contributed by atoms with Crippen molar-refractivity contribution < 1.29 is 0 Å². The van der Waals surface area contributed by atoms with Crippen LogP contribution in [0.25, 0.3) is 49.5 Å². The van der Waals surface area contributed by atoms with Gasteiger partial charge in [-0.1, -0.05) is 159 Å². The van der Waals surface area contributed by atoms with Crippen molar-refractivity contribution >= 4 is 62.5 Å². The van der Waals surface area contributed by atoms with E-state index in [1.54, 1.807) is 0 Å². The summed E-state index contributed by atoms with van der Waals surface area (Å²) in [7, 11) is 2.50. The first-order valence-corrected chi connectivity index (χ1v) is 19.8. The summed E-state index contributed by atoms with van der Waals surface area (Å²) in [6, 6.07) is 52.8. The minimum absolute atomic E-state index is 0.114. The summed E-state index contributed by atoms with van der Waals surface area (Å²) in [5, 5.41) is 3.81. The van der Waals surface area contributed by atoms with Gasteiger partial charge in [-0.2, -0.15) is 0 Å². The maximum Gasteiger partial charge on any atom is 0.197 e. The monoisotopic (exact) mass is 699 g/mol. The molecule has 5 aliphatic rings. The third-order valence-electron chi connectivity index (χ3n) is 13.7. The van der Waals surface area contributed by atoms with Crippen LogP contribution in [0.15, 0.2) is 157 Å². The van der Waals surface area contributed by atoms with E-state index in [0.29, 0.717) is 0 Å². The van der Waals surface area contributed by atoms with E-state index in [1.807, 2.05) is 0 Å². The highest BCUT2D eigenvalue weighted by atomic mass is 15.2. The number of nitrogens with zero attached hydrogens (tertiary/aromatic N) is 1. The zero-order valence-corrected chi connectivity index (χ0v) is 30.9. The molecule has 0 saturated carbocycles. The largest absolute Gasteiger partial charge is 0.357 e. The number of rotatable bonds is 1. The maximum absolute atomic E-state index is 4.06. The highest BCUT2D eigenvalue weighted by Gasteiger charge is 2.53. The SMILES string of the molecule is CC1(C)c2ccccc2-c2c1[nH]c1c(-c3c4c(cc5ccccc35)N3c5ccccc5C5(C6=C(CCC=C6)c6ccccc65)c5cccc(c53)[B]4)cccc21. The minimum atomic E-state index is -0.383. The summed E-state index contributed by atoms with van der Waals surface area (Å²) < 4.78 is 0. The first-order valence-electron chi connectivity index (χ1n) is 19.8. The van der Waals surface area contributed by atoms with Crippen molar-refractivity contribution in [2.45, 2.75) is 37.5 Å². The van der Waals surface area contributed by atoms with Crippen molar-refractivity contribution in [3.63, 3.8) is 0 Å². The van der Waals surface area contributed by atoms with Crippen LogP contribution in [0.3, 0.4) is 0 Å². The van der Waals surface area contributed by atoms with Crippen molar-refractivity contribution in [1.82, 2.24) is 4.98 Å². The number of anilines is 3. The van der Waals surface area contributed by atoms with Crippen LogP contribution in [-0.4, -0.2) is 12.3 Å². The Morgan fingerprint density at radius 3 is 2.24 bits per heavy atom. The molecule has 7 aromatic carbocycles. The fourth-order valence-electron chi connectivity index (χ4n) is 11.5. The van der Waals surface area contributed by atoms with E-state index in [9.17, 15) is 0 Å². The minimum Gasteiger partial charge on any atom is -0.357 e. The molecular formula is C52H36BN2. The Balaban J connectivity index is 1.12. The Kier molecular flexibility index (Phi) is 5.60. The lowest BCUT2D eigenvalue weighted by molar-refractivity contribution is 0.642. The average Bonchev–Trinajstić information content (AvgIpc) is 3.84. The molecule has 1 aromatic heterocycles. The van der Waals surface area contributed by atoms with Crippen LogP contribution < -0.4 is 15.8 Å². The fourth-order valence-corrected chi connectivity index (χ4v) is 11.5. The van der Waals surface area contributed by atoms with Crippen LogP contribution in [0.2, 0.25) is 0 Å². The number of nitrogens with one attached hydrogen (secondary N) is 1. The quantitative estimate of drug-likeness (QED) is 0.169. The van der Waals surface area contributed by atoms with Crippen molar-refractivity contribution in [3.8, 4) is 22.3 Å². The van der Waals surface area contributed by atoms with E-state index in [1.165, 1.54) is 117 Å². The van der Waals surface area contributed by atoms with E-state index in [0.717, 1.165) is 12.8 Å². The molecule has 2 aliphatic heterocycles. The molecule has 3 aliphatic carbocycles. The standard InChI is InChI=1S/C52H36BN2/c1-51(2)37-22-8-7-19-34(37)46-36-21-13-20-35(48(36)54-50(46)51)45-31-16-4-3-15-30(31)29-44-47(45)53-42-27-14-26-41-49(42)55(44)43-28-12-11-25-40(43)52(41)38-23-9-5-17-32(38)33-18-6-10-24-39(33)52/h3-5,7-17,19-29,54H,6,18H2,1-2H3. The molecular weight excluding hydrogens is 663 g/mol. The van der Waals surface area contributed by atoms with Crippen LogP contribution >= 0.6 is 0 Å². The Morgan fingerprint density at radius 2 is 1.33 bits per heavy atom. The smallest absolute Gasteiger partial charge is 0.197 e. The van der Waals surface area contributed by atoms with Gasteiger partial charge >= 0.3 is 0 Å². The van der Waals surface area contributed by atoms with Gasteiger partial charge in [-0.15, -0.1) is 0 Å². The molecule has 3 heterocycles. The van der Waals surface area contributed by atoms with Gasteiger partial charge in [-0.25, -0.2) is 0 Å². The molecule has 55 heavy (non-hydrogen) atoms. The summed E-state index contributed by atoms with van der Waals surface area (Å²) in [5.41, 5.74) is 23.5. The summed E-state index contributed by atoms with van der Waals surface area (Å²) in [6.07, 6.45) is 7.01. The van der Waals surface area contributed by atoms with Gasteiger partial charge in [0.25, 0.3) is 0 Å². The molecule has 1 radical (unpaired) electrons. The summed E-state index contributed by atoms with van der Waals surface area (Å²) in [6.45, 7) is 4.72. The third-order valence-corrected chi connectivity index (χ3v) is 13.7. The van der Waals surface area contributed by atoms with E-state index in [4.69, 9.17) is 0 Å². The Bertz CT molecular complexity index is 3120. The van der Waals surface area contributed by atoms with Gasteiger partial charge in [0.2, 0.25) is 0 Å². The van der Waals surface area contributed by atoms with Crippen molar-refractivity contribution in [2.75, 3.05) is 4.90 Å². The van der Waals surface area contributed by atoms with Crippen LogP contribution in [0.1, 0.15) is 60.2 Å². The second-order valence-electron chi connectivity index (χ2n) is 16.5. The highest BCUT2D eigenvalue weighted by molar-refractivity contribution is 6.74. The number of hydrogen-bond acceptors (Lipinski definition) is 1. The fraction of sp³-hybridized carbons (Fsp3) is 0.115. The number of benzene rings is 7. The molecule has 13 rings (SSSR count). The lowest BCUT2D eigenvalue weighted by atomic mass is 9.54. The third kappa shape index (κ3) is 3.50. The van der Waals surface area contributed by atoms with Crippen molar-refractivity contribution in [1.29, 1.82) is 0 Å². The van der Waals surface area contributed by atoms with Gasteiger partial charge in [0.1, 0.15) is 0 Å². The summed E-state index contributed by atoms with van der Waals surface area (Å²) >= 11 is 0. The zero-order valence-electron chi connectivity index (χ0n) is 30.9. The molecule has 1 spiro atoms. The zero-order chi connectivity index (χ0) is 36.2. The van der Waals surface area contributed by atoms with Crippen LogP contribution in [0, 0.1) is 0 Å². The van der Waals surface area contributed by atoms with E-state index in [2.05, 4.69) is 183 Å². The van der Waals surface area contributed by atoms with Gasteiger partial charge in [0.05, 0.1) is 16.6 Å². The van der Waals surface area contributed by atoms with Crippen LogP contribution in [-0.2, 0) is 10.8 Å². The second kappa shape index (κ2) is 10.3. The number of para-hydroxylation sites is 3. The Hall–Kier alpha value is -6.32. The van der Waals surface area contributed by atoms with Gasteiger partial charge in [0.15, 0.2) is 7.28 Å². The topological polar surface area (TPSA) is 19.0 Å². The summed E-state index contributed by atoms with van der Waals surface area (Å²) in [4.78, 5) is 6.67. The Labute approximate surface area is 321 Å². The van der Waals surface area contributed by atoms with Gasteiger partial charge < -0.3 is 9.88 Å². The van der Waals surface area contributed by atoms with Gasteiger partial charge in [-0.05, 0) is 91.3 Å². The number of hydrogen-bond donors (Lipinski definition) is 1. The number of allylic oxidation sites excluding steroid dienone is 4. The molecule has 1 N–H and O–H groups in total. The number of aromatic nitrogens is 1. The van der Waals surface area contributed by atoms with Crippen molar-refractivity contribution in [3.05, 3.63) is 191 Å². The predicted molar refractivity (Wildman–Crippen MR) is 230 cm³/mol. The Morgan fingerprint density at radius 1 is 0.618 bits per heavy atom. The van der Waals surface area contributed by atoms with Gasteiger partial charge in [0, 0.05) is 39.0 Å². The first-order chi connectivity index (χ1) is 27.1. The molecule has 8 aromatic rings. The molecule has 3 heteroatoms. The normalized spacial score (nSPS) is 18.8. The first kappa shape index (κ1) is 30.1.